The molecular weight excluding hydrogens is 220 g/mol. The molecule has 0 saturated heterocycles. The average Bonchev–Trinajstić information content (AvgIpc) is 2.26. The molecule has 0 aromatic heterocycles. The summed E-state index contributed by atoms with van der Waals surface area (Å²) >= 11 is 0. The monoisotopic (exact) mass is 241 g/mol. The highest BCUT2D eigenvalue weighted by atomic mass is 19.1. The minimum Gasteiger partial charge on any atom is -0.310 e. The van der Waals surface area contributed by atoms with Gasteiger partial charge in [-0.15, -0.1) is 0 Å². The minimum atomic E-state index is -0.530. The zero-order valence-electron chi connectivity index (χ0n) is 10.8. The molecule has 1 N–H and O–H groups in total. The van der Waals surface area contributed by atoms with Gasteiger partial charge in [-0.2, -0.15) is 0 Å². The van der Waals surface area contributed by atoms with E-state index in [1.165, 1.54) is 12.1 Å². The molecule has 0 bridgehead atoms. The molecule has 0 saturated carbocycles. The quantitative estimate of drug-likeness (QED) is 0.792. The van der Waals surface area contributed by atoms with E-state index in [4.69, 9.17) is 0 Å². The number of hydrogen-bond acceptors (Lipinski definition) is 1. The number of hydrogen-bond donors (Lipinski definition) is 1. The van der Waals surface area contributed by atoms with Gasteiger partial charge in [0.25, 0.3) is 0 Å². The molecule has 0 aliphatic rings. The molecule has 0 amide bonds. The Hall–Kier alpha value is -0.960. The van der Waals surface area contributed by atoms with Crippen molar-refractivity contribution in [3.05, 3.63) is 35.4 Å². The van der Waals surface area contributed by atoms with Crippen LogP contribution in [0.1, 0.15) is 45.2 Å². The van der Waals surface area contributed by atoms with Crippen LogP contribution in [-0.2, 0) is 0 Å². The molecule has 0 spiro atoms. The van der Waals surface area contributed by atoms with Crippen molar-refractivity contribution in [1.29, 1.82) is 0 Å². The highest BCUT2D eigenvalue weighted by Gasteiger charge is 2.12. The summed E-state index contributed by atoms with van der Waals surface area (Å²) in [5.41, 5.74) is 0.523. The summed E-state index contributed by atoms with van der Waals surface area (Å²) in [7, 11) is 0. The first kappa shape index (κ1) is 14.1. The molecule has 3 heteroatoms. The molecule has 2 atom stereocenters. The molecular formula is C14H21F2N. The molecule has 1 nitrogen and oxygen atoms in total. The summed E-state index contributed by atoms with van der Waals surface area (Å²) in [5, 5.41) is 3.28. The SMILES string of the molecule is CCCC(C)CNC(C)c1ccc(F)cc1F. The molecule has 1 aromatic carbocycles. The Morgan fingerprint density at radius 2 is 1.94 bits per heavy atom. The lowest BCUT2D eigenvalue weighted by Gasteiger charge is -2.18. The van der Waals surface area contributed by atoms with Gasteiger partial charge in [-0.05, 0) is 31.9 Å². The van der Waals surface area contributed by atoms with Gasteiger partial charge < -0.3 is 5.32 Å². The predicted molar refractivity (Wildman–Crippen MR) is 66.8 cm³/mol. The van der Waals surface area contributed by atoms with Gasteiger partial charge in [-0.3, -0.25) is 0 Å². The van der Waals surface area contributed by atoms with E-state index < -0.39 is 11.6 Å². The molecule has 1 aromatic rings. The number of benzene rings is 1. The van der Waals surface area contributed by atoms with E-state index in [1.54, 1.807) is 0 Å². The summed E-state index contributed by atoms with van der Waals surface area (Å²) in [6.07, 6.45) is 2.31. The highest BCUT2D eigenvalue weighted by Crippen LogP contribution is 2.18. The van der Waals surface area contributed by atoms with E-state index in [1.807, 2.05) is 6.92 Å². The van der Waals surface area contributed by atoms with Crippen molar-refractivity contribution in [2.45, 2.75) is 39.7 Å². The first-order valence-corrected chi connectivity index (χ1v) is 6.23. The maximum Gasteiger partial charge on any atom is 0.130 e. The van der Waals surface area contributed by atoms with Gasteiger partial charge in [0.1, 0.15) is 11.6 Å². The second-order valence-electron chi connectivity index (χ2n) is 4.69. The Morgan fingerprint density at radius 3 is 2.53 bits per heavy atom. The van der Waals surface area contributed by atoms with Crippen LogP contribution in [0.5, 0.6) is 0 Å². The number of halogens is 2. The second-order valence-corrected chi connectivity index (χ2v) is 4.69. The van der Waals surface area contributed by atoms with Gasteiger partial charge in [0.2, 0.25) is 0 Å². The van der Waals surface area contributed by atoms with E-state index in [-0.39, 0.29) is 6.04 Å². The third-order valence-corrected chi connectivity index (χ3v) is 2.98. The van der Waals surface area contributed by atoms with E-state index in [2.05, 4.69) is 19.2 Å². The lowest BCUT2D eigenvalue weighted by Crippen LogP contribution is -2.25. The number of nitrogens with one attached hydrogen (secondary N) is 1. The molecule has 1 rings (SSSR count). The van der Waals surface area contributed by atoms with Crippen molar-refractivity contribution in [2.75, 3.05) is 6.54 Å². The Bertz CT molecular complexity index is 352. The molecule has 96 valence electrons. The van der Waals surface area contributed by atoms with Crippen molar-refractivity contribution in [2.24, 2.45) is 5.92 Å². The summed E-state index contributed by atoms with van der Waals surface area (Å²) in [6, 6.07) is 3.65. The molecule has 0 fully saturated rings. The first-order valence-electron chi connectivity index (χ1n) is 6.23. The molecule has 0 aliphatic heterocycles. The lowest BCUT2D eigenvalue weighted by molar-refractivity contribution is 0.435. The summed E-state index contributed by atoms with van der Waals surface area (Å²) in [6.45, 7) is 7.07. The van der Waals surface area contributed by atoms with E-state index in [0.717, 1.165) is 25.5 Å². The van der Waals surface area contributed by atoms with Crippen molar-refractivity contribution < 1.29 is 8.78 Å². The van der Waals surface area contributed by atoms with E-state index >= 15 is 0 Å². The maximum absolute atomic E-state index is 13.5. The summed E-state index contributed by atoms with van der Waals surface area (Å²) in [4.78, 5) is 0. The average molecular weight is 241 g/mol. The summed E-state index contributed by atoms with van der Waals surface area (Å²) in [5.74, 6) is -0.433. The van der Waals surface area contributed by atoms with Gasteiger partial charge >= 0.3 is 0 Å². The van der Waals surface area contributed by atoms with Gasteiger partial charge in [0, 0.05) is 17.7 Å². The topological polar surface area (TPSA) is 12.0 Å². The maximum atomic E-state index is 13.5. The number of rotatable bonds is 6. The second kappa shape index (κ2) is 6.70. The van der Waals surface area contributed by atoms with Crippen molar-refractivity contribution >= 4 is 0 Å². The fourth-order valence-electron chi connectivity index (χ4n) is 1.94. The van der Waals surface area contributed by atoms with Crippen LogP contribution in [0.25, 0.3) is 0 Å². The summed E-state index contributed by atoms with van der Waals surface area (Å²) < 4.78 is 26.3. The van der Waals surface area contributed by atoms with Gasteiger partial charge in [0.15, 0.2) is 0 Å². The third-order valence-electron chi connectivity index (χ3n) is 2.98. The zero-order chi connectivity index (χ0) is 12.8. The Labute approximate surface area is 102 Å². The molecule has 0 aliphatic carbocycles. The minimum absolute atomic E-state index is 0.0880. The molecule has 2 unspecified atom stereocenters. The smallest absolute Gasteiger partial charge is 0.130 e. The molecule has 0 heterocycles. The van der Waals surface area contributed by atoms with Crippen LogP contribution in [-0.4, -0.2) is 6.54 Å². The van der Waals surface area contributed by atoms with Crippen molar-refractivity contribution in [3.63, 3.8) is 0 Å². The van der Waals surface area contributed by atoms with E-state index in [9.17, 15) is 8.78 Å². The molecule has 0 radical (unpaired) electrons. The van der Waals surface area contributed by atoms with Crippen LogP contribution in [0.3, 0.4) is 0 Å². The Balaban J connectivity index is 2.54. The van der Waals surface area contributed by atoms with Crippen LogP contribution in [0, 0.1) is 17.6 Å². The van der Waals surface area contributed by atoms with Crippen molar-refractivity contribution in [1.82, 2.24) is 5.32 Å². The van der Waals surface area contributed by atoms with Crippen LogP contribution >= 0.6 is 0 Å². The van der Waals surface area contributed by atoms with Gasteiger partial charge in [-0.1, -0.05) is 26.3 Å². The van der Waals surface area contributed by atoms with Gasteiger partial charge in [-0.25, -0.2) is 8.78 Å². The van der Waals surface area contributed by atoms with Crippen LogP contribution in [0.15, 0.2) is 18.2 Å². The normalized spacial score (nSPS) is 14.6. The highest BCUT2D eigenvalue weighted by molar-refractivity contribution is 5.21. The fourth-order valence-corrected chi connectivity index (χ4v) is 1.94. The van der Waals surface area contributed by atoms with E-state index in [0.29, 0.717) is 11.5 Å². The van der Waals surface area contributed by atoms with Gasteiger partial charge in [0.05, 0.1) is 0 Å². The largest absolute Gasteiger partial charge is 0.310 e. The van der Waals surface area contributed by atoms with Crippen LogP contribution < -0.4 is 5.32 Å². The Morgan fingerprint density at radius 1 is 1.24 bits per heavy atom. The lowest BCUT2D eigenvalue weighted by atomic mass is 10.0. The standard InChI is InChI=1S/C14H21F2N/c1-4-5-10(2)9-17-11(3)13-7-6-12(15)8-14(13)16/h6-8,10-11,17H,4-5,9H2,1-3H3. The van der Waals surface area contributed by atoms with Crippen molar-refractivity contribution in [3.8, 4) is 0 Å². The zero-order valence-corrected chi connectivity index (χ0v) is 10.8. The fraction of sp³-hybridized carbons (Fsp3) is 0.571. The Kier molecular flexibility index (Phi) is 5.56. The predicted octanol–water partition coefficient (Wildman–Crippen LogP) is 4.05. The molecule has 17 heavy (non-hydrogen) atoms. The third kappa shape index (κ3) is 4.43. The van der Waals surface area contributed by atoms with Crippen LogP contribution in [0.4, 0.5) is 8.78 Å². The van der Waals surface area contributed by atoms with Crippen LogP contribution in [0.2, 0.25) is 0 Å². The first-order chi connectivity index (χ1) is 8.04.